The molecule has 5 aliphatic carbocycles. The summed E-state index contributed by atoms with van der Waals surface area (Å²) in [6, 6.07) is 0. The maximum Gasteiger partial charge on any atom is 0.312 e. The van der Waals surface area contributed by atoms with Gasteiger partial charge in [-0.05, 0) is 103 Å². The van der Waals surface area contributed by atoms with Crippen LogP contribution in [-0.2, 0) is 9.53 Å². The summed E-state index contributed by atoms with van der Waals surface area (Å²) in [6.45, 7) is 16.6. The Morgan fingerprint density at radius 2 is 1.66 bits per heavy atom. The molecule has 4 saturated carbocycles. The third-order valence-corrected chi connectivity index (χ3v) is 13.5. The van der Waals surface area contributed by atoms with Crippen LogP contribution in [0.5, 0.6) is 0 Å². The average molecular weight is 487 g/mol. The molecule has 0 unspecified atom stereocenters. The zero-order chi connectivity index (χ0) is 25.8. The summed E-state index contributed by atoms with van der Waals surface area (Å²) in [5, 5.41) is 22.0. The van der Waals surface area contributed by atoms with Gasteiger partial charge < -0.3 is 14.9 Å². The number of carbonyl (C=O) groups is 1. The monoisotopic (exact) mass is 486 g/mol. The maximum absolute atomic E-state index is 13.4. The third-order valence-electron chi connectivity index (χ3n) is 13.5. The fourth-order valence-electron chi connectivity index (χ4n) is 11.2. The number of esters is 1. The third kappa shape index (κ3) is 3.02. The van der Waals surface area contributed by atoms with E-state index >= 15 is 0 Å². The van der Waals surface area contributed by atoms with Gasteiger partial charge in [-0.15, -0.1) is 0 Å². The van der Waals surface area contributed by atoms with Gasteiger partial charge in [-0.3, -0.25) is 4.79 Å². The van der Waals surface area contributed by atoms with E-state index in [-0.39, 0.29) is 39.0 Å². The molecule has 0 aromatic rings. The van der Waals surface area contributed by atoms with Gasteiger partial charge in [0.05, 0.1) is 24.7 Å². The highest BCUT2D eigenvalue weighted by Gasteiger charge is 2.70. The Labute approximate surface area is 213 Å². The van der Waals surface area contributed by atoms with Crippen LogP contribution >= 0.6 is 0 Å². The van der Waals surface area contributed by atoms with E-state index in [9.17, 15) is 15.0 Å². The van der Waals surface area contributed by atoms with Gasteiger partial charge in [0.1, 0.15) is 0 Å². The van der Waals surface area contributed by atoms with Gasteiger partial charge in [0.15, 0.2) is 0 Å². The van der Waals surface area contributed by atoms with E-state index in [0.717, 1.165) is 44.9 Å². The molecule has 0 saturated heterocycles. The van der Waals surface area contributed by atoms with Crippen molar-refractivity contribution in [1.29, 1.82) is 0 Å². The van der Waals surface area contributed by atoms with Crippen LogP contribution in [-0.4, -0.2) is 35.5 Å². The minimum absolute atomic E-state index is 0.0114. The SMILES string of the molecule is COC(=O)[C@]12CC[C@@H](C)[C@@H](C)[C@@H]1C1=CC[C@@H]3[C@]4(C)C[C@@H](O)[C@H](O)C(C)(C)[C@@H]4CC[C@@]3(C)[C@]1(C)CC2. The first-order valence-electron chi connectivity index (χ1n) is 14.4. The fourth-order valence-corrected chi connectivity index (χ4v) is 11.2. The first kappa shape index (κ1) is 25.8. The predicted molar refractivity (Wildman–Crippen MR) is 138 cm³/mol. The van der Waals surface area contributed by atoms with Crippen molar-refractivity contribution in [3.8, 4) is 0 Å². The molecule has 5 rings (SSSR count). The molecule has 2 N–H and O–H groups in total. The van der Waals surface area contributed by atoms with Crippen LogP contribution in [0, 0.1) is 56.7 Å². The maximum atomic E-state index is 13.4. The van der Waals surface area contributed by atoms with Gasteiger partial charge >= 0.3 is 5.97 Å². The zero-order valence-corrected chi connectivity index (χ0v) is 23.5. The van der Waals surface area contributed by atoms with Gasteiger partial charge in [0.2, 0.25) is 0 Å². The van der Waals surface area contributed by atoms with Crippen molar-refractivity contribution < 1.29 is 19.7 Å². The van der Waals surface area contributed by atoms with Crippen LogP contribution in [0.1, 0.15) is 99.8 Å². The number of aliphatic hydroxyl groups is 2. The fraction of sp³-hybridized carbons (Fsp3) is 0.903. The van der Waals surface area contributed by atoms with E-state index in [1.54, 1.807) is 12.7 Å². The molecule has 0 aromatic heterocycles. The molecule has 35 heavy (non-hydrogen) atoms. The Balaban J connectivity index is 1.62. The number of rotatable bonds is 1. The molecule has 0 amide bonds. The lowest BCUT2D eigenvalue weighted by Crippen LogP contribution is -2.67. The van der Waals surface area contributed by atoms with Crippen molar-refractivity contribution in [1.82, 2.24) is 0 Å². The van der Waals surface area contributed by atoms with Crippen LogP contribution in [0.3, 0.4) is 0 Å². The number of aliphatic hydroxyl groups excluding tert-OH is 2. The topological polar surface area (TPSA) is 66.8 Å². The van der Waals surface area contributed by atoms with Gasteiger partial charge in [-0.1, -0.05) is 60.1 Å². The molecular formula is C31H50O4. The molecule has 0 bridgehead atoms. The average Bonchev–Trinajstić information content (AvgIpc) is 2.79. The Bertz CT molecular complexity index is 923. The Kier molecular flexibility index (Phi) is 5.76. The summed E-state index contributed by atoms with van der Waals surface area (Å²) in [7, 11) is 1.57. The van der Waals surface area contributed by atoms with Crippen molar-refractivity contribution in [3.05, 3.63) is 11.6 Å². The first-order chi connectivity index (χ1) is 16.2. The molecule has 5 aliphatic rings. The van der Waals surface area contributed by atoms with Crippen molar-refractivity contribution in [3.63, 3.8) is 0 Å². The van der Waals surface area contributed by atoms with Crippen molar-refractivity contribution >= 4 is 5.97 Å². The summed E-state index contributed by atoms with van der Waals surface area (Å²) < 4.78 is 5.49. The zero-order valence-electron chi connectivity index (χ0n) is 23.5. The van der Waals surface area contributed by atoms with Crippen molar-refractivity contribution in [2.75, 3.05) is 7.11 Å². The van der Waals surface area contributed by atoms with Crippen LogP contribution < -0.4 is 0 Å². The highest BCUT2D eigenvalue weighted by molar-refractivity contribution is 5.78. The minimum atomic E-state index is -0.663. The lowest BCUT2D eigenvalue weighted by Gasteiger charge is -2.71. The predicted octanol–water partition coefficient (Wildman–Crippen LogP) is 6.15. The number of carbonyl (C=O) groups excluding carboxylic acids is 1. The second kappa shape index (κ2) is 7.82. The second-order valence-electron chi connectivity index (χ2n) is 14.8. The summed E-state index contributed by atoms with van der Waals surface area (Å²) in [4.78, 5) is 13.4. The highest BCUT2D eigenvalue weighted by atomic mass is 16.5. The van der Waals surface area contributed by atoms with E-state index < -0.39 is 12.2 Å². The number of ether oxygens (including phenoxy) is 1. The van der Waals surface area contributed by atoms with Crippen LogP contribution in [0.2, 0.25) is 0 Å². The van der Waals surface area contributed by atoms with Crippen molar-refractivity contribution in [2.45, 2.75) is 112 Å². The Morgan fingerprint density at radius 1 is 0.971 bits per heavy atom. The number of fused-ring (bicyclic) bond motifs is 7. The Hall–Kier alpha value is -0.870. The summed E-state index contributed by atoms with van der Waals surface area (Å²) in [5.41, 5.74) is 1.03. The van der Waals surface area contributed by atoms with E-state index in [1.165, 1.54) is 0 Å². The standard InChI is InChI=1S/C31H50O4/c1-18-11-14-31(26(34)35-8)16-15-29(6)20(24(31)19(18)2)9-10-23-28(5)17-21(32)25(33)27(3,4)22(28)12-13-30(23,29)7/h9,18-19,21-25,32-33H,10-17H2,1-8H3/t18-,19-,21-,22+,23-,24-,25+,28-,29-,30-,31+/m1/s1. The molecule has 4 fully saturated rings. The second-order valence-corrected chi connectivity index (χ2v) is 14.8. The molecule has 0 aliphatic heterocycles. The molecule has 11 atom stereocenters. The molecular weight excluding hydrogens is 436 g/mol. The van der Waals surface area contributed by atoms with Gasteiger partial charge in [-0.2, -0.15) is 0 Å². The summed E-state index contributed by atoms with van der Waals surface area (Å²) in [5.74, 6) is 2.21. The molecule has 0 heterocycles. The van der Waals surface area contributed by atoms with E-state index in [2.05, 4.69) is 54.5 Å². The van der Waals surface area contributed by atoms with E-state index in [4.69, 9.17) is 4.74 Å². The van der Waals surface area contributed by atoms with Gasteiger partial charge in [0, 0.05) is 0 Å². The van der Waals surface area contributed by atoms with Crippen LogP contribution in [0.15, 0.2) is 11.6 Å². The van der Waals surface area contributed by atoms with Gasteiger partial charge in [-0.25, -0.2) is 0 Å². The number of hydrogen-bond donors (Lipinski definition) is 2. The minimum Gasteiger partial charge on any atom is -0.469 e. The molecule has 4 heteroatoms. The quantitative estimate of drug-likeness (QED) is 0.345. The summed E-state index contributed by atoms with van der Waals surface area (Å²) >= 11 is 0. The number of allylic oxidation sites excluding steroid dienone is 2. The van der Waals surface area contributed by atoms with Crippen LogP contribution in [0.25, 0.3) is 0 Å². The van der Waals surface area contributed by atoms with Crippen molar-refractivity contribution in [2.24, 2.45) is 56.7 Å². The van der Waals surface area contributed by atoms with E-state index in [0.29, 0.717) is 30.1 Å². The smallest absolute Gasteiger partial charge is 0.312 e. The summed E-state index contributed by atoms with van der Waals surface area (Å²) in [6.07, 6.45) is 9.19. The first-order valence-corrected chi connectivity index (χ1v) is 14.4. The number of hydrogen-bond acceptors (Lipinski definition) is 4. The molecule has 0 radical (unpaired) electrons. The van der Waals surface area contributed by atoms with Crippen LogP contribution in [0.4, 0.5) is 0 Å². The normalized spacial score (nSPS) is 54.9. The molecule has 4 nitrogen and oxygen atoms in total. The van der Waals surface area contributed by atoms with E-state index in [1.807, 2.05) is 0 Å². The molecule has 0 spiro atoms. The lowest BCUT2D eigenvalue weighted by molar-refractivity contribution is -0.232. The Morgan fingerprint density at radius 3 is 2.31 bits per heavy atom. The molecule has 198 valence electrons. The molecule has 0 aromatic carbocycles. The largest absolute Gasteiger partial charge is 0.469 e. The highest BCUT2D eigenvalue weighted by Crippen LogP contribution is 2.75. The number of methoxy groups -OCH3 is 1. The van der Waals surface area contributed by atoms with Gasteiger partial charge in [0.25, 0.3) is 0 Å². The lowest BCUT2D eigenvalue weighted by atomic mass is 9.33.